The number of aliphatic hydroxyl groups excluding tert-OH is 1. The minimum absolute atomic E-state index is 3.04. The molecule has 0 aromatic heterocycles. The topological polar surface area (TPSA) is 310 Å². The van der Waals surface area contributed by atoms with E-state index in [1.807, 2.05) is 0 Å². The Morgan fingerprint density at radius 2 is 0.786 bits per heavy atom. The summed E-state index contributed by atoms with van der Waals surface area (Å²) in [6.07, 6.45) is -18.9. The monoisotopic (exact) mass is 494 g/mol. The lowest BCUT2D eigenvalue weighted by atomic mass is 9.86. The molecule has 1 saturated carbocycles. The molecular weight excluding hydrogens is 487 g/mol. The maximum absolute atomic E-state index is 14.5. The maximum Gasteiger partial charge on any atom is 0.158 e. The fraction of sp³-hybridized carbons (Fsp3) is 1.00. The van der Waals surface area contributed by atoms with Gasteiger partial charge in [-0.3, -0.25) is 0 Å². The summed E-state index contributed by atoms with van der Waals surface area (Å²) >= 11 is 0. The van der Waals surface area contributed by atoms with E-state index < -0.39 is 68.0 Å². The van der Waals surface area contributed by atoms with Crippen LogP contribution in [0.25, 0.3) is 0 Å². The molecule has 0 amide bonds. The van der Waals surface area contributed by atoms with Gasteiger partial charge < -0.3 is 80.6 Å². The van der Waals surface area contributed by atoms with Gasteiger partial charge >= 0.3 is 0 Å². The van der Waals surface area contributed by atoms with Crippen LogP contribution in [-0.4, -0.2) is 41.8 Å². The van der Waals surface area contributed by atoms with E-state index in [9.17, 15) is 66.9 Å². The van der Waals surface area contributed by atoms with Gasteiger partial charge in [0.15, 0.2) is 6.17 Å². The van der Waals surface area contributed by atoms with E-state index in [1.165, 1.54) is 0 Å². The number of hydrogen-bond acceptors (Lipinski definition) is 17. The Labute approximate surface area is 154 Å². The van der Waals surface area contributed by atoms with Gasteiger partial charge in [-0.05, 0) is 0 Å². The van der Waals surface area contributed by atoms with Gasteiger partial charge in [0.2, 0.25) is 0 Å². The van der Waals surface area contributed by atoms with Gasteiger partial charge in [0.1, 0.15) is 30.5 Å². The van der Waals surface area contributed by atoms with Crippen molar-refractivity contribution in [1.29, 1.82) is 0 Å². The van der Waals surface area contributed by atoms with Crippen LogP contribution in [0.4, 0.5) is 4.39 Å². The molecule has 0 heterocycles. The average Bonchev–Trinajstić information content (AvgIpc) is 2.39. The number of phosphoric ester groups is 4. The molecule has 0 aromatic rings. The highest BCUT2D eigenvalue weighted by molar-refractivity contribution is 7.44. The molecule has 17 nitrogen and oxygen atoms in total. The molecule has 28 heavy (non-hydrogen) atoms. The fourth-order valence-corrected chi connectivity index (χ4v) is 4.36. The highest BCUT2D eigenvalue weighted by atomic mass is 31.2. The van der Waals surface area contributed by atoms with E-state index in [2.05, 4.69) is 18.1 Å². The van der Waals surface area contributed by atoms with E-state index in [1.54, 1.807) is 0 Å². The number of hydrogen-bond donors (Lipinski definition) is 1. The predicted molar refractivity (Wildman–Crippen MR) is 60.8 cm³/mol. The standard InChI is InChI=1S/C6H15FO17P4/c7-1-3(21-25(9,10)11)5(23-27(15,16)17)2(8)6(24-28(18,19)20)4(1)22-26(12,13)14/h1-6,8H,(H2,9,10,11)(H2,12,13,14)(H2,15,16,17)(H2,18,19,20)/p-8. The molecule has 0 bridgehead atoms. The quantitative estimate of drug-likeness (QED) is 0.306. The summed E-state index contributed by atoms with van der Waals surface area (Å²) in [4.78, 5) is 85.6. The van der Waals surface area contributed by atoms with Gasteiger partial charge in [-0.25, -0.2) is 4.39 Å². The van der Waals surface area contributed by atoms with E-state index >= 15 is 0 Å². The van der Waals surface area contributed by atoms with Crippen LogP contribution in [0.3, 0.4) is 0 Å². The average molecular weight is 494 g/mol. The Morgan fingerprint density at radius 1 is 0.571 bits per heavy atom. The molecule has 1 aliphatic rings. The first kappa shape index (κ1) is 26.4. The van der Waals surface area contributed by atoms with Crippen molar-refractivity contribution in [3.05, 3.63) is 0 Å². The molecule has 4 atom stereocenters. The van der Waals surface area contributed by atoms with Gasteiger partial charge in [0.25, 0.3) is 0 Å². The van der Waals surface area contributed by atoms with Crippen molar-refractivity contribution in [3.8, 4) is 0 Å². The van der Waals surface area contributed by atoms with Gasteiger partial charge in [0.05, 0.1) is 31.3 Å². The summed E-state index contributed by atoms with van der Waals surface area (Å²) in [7, 11) is -25.0. The highest BCUT2D eigenvalue weighted by Crippen LogP contribution is 2.47. The van der Waals surface area contributed by atoms with Crippen LogP contribution in [0.15, 0.2) is 0 Å². The van der Waals surface area contributed by atoms with E-state index in [0.29, 0.717) is 0 Å². The summed E-state index contributed by atoms with van der Waals surface area (Å²) < 4.78 is 71.7. The van der Waals surface area contributed by atoms with Gasteiger partial charge in [-0.2, -0.15) is 0 Å². The molecule has 0 aromatic carbocycles. The molecule has 1 aliphatic carbocycles. The Bertz CT molecular complexity index is 610. The normalized spacial score (nSPS) is 33.1. The van der Waals surface area contributed by atoms with Crippen molar-refractivity contribution in [2.24, 2.45) is 0 Å². The maximum atomic E-state index is 14.5. The molecule has 1 rings (SSSR count). The summed E-state index contributed by atoms with van der Waals surface area (Å²) in [6, 6.07) is 0. The minimum atomic E-state index is -6.26. The number of phosphoric acid groups is 4. The van der Waals surface area contributed by atoms with Crippen LogP contribution in [-0.2, 0) is 36.4 Å². The molecule has 0 saturated heterocycles. The van der Waals surface area contributed by atoms with Crippen LogP contribution in [0, 0.1) is 0 Å². The third kappa shape index (κ3) is 8.60. The zero-order chi connectivity index (χ0) is 22.3. The van der Waals surface area contributed by atoms with Crippen molar-refractivity contribution in [1.82, 2.24) is 0 Å². The summed E-state index contributed by atoms with van der Waals surface area (Å²) in [5.74, 6) is 0. The van der Waals surface area contributed by atoms with Crippen LogP contribution >= 0.6 is 31.3 Å². The first-order chi connectivity index (χ1) is 12.2. The third-order valence-corrected chi connectivity index (χ3v) is 4.96. The lowest BCUT2D eigenvalue weighted by Crippen LogP contribution is -2.65. The van der Waals surface area contributed by atoms with Crippen LogP contribution in [0.5, 0.6) is 0 Å². The third-order valence-electron chi connectivity index (χ3n) is 2.95. The second-order valence-corrected chi connectivity index (χ2v) is 9.42. The second kappa shape index (κ2) is 8.83. The van der Waals surface area contributed by atoms with Gasteiger partial charge in [-0.1, -0.05) is 0 Å². The fourth-order valence-electron chi connectivity index (χ4n) is 2.20. The van der Waals surface area contributed by atoms with Gasteiger partial charge in [0, 0.05) is 0 Å². The van der Waals surface area contributed by atoms with Crippen molar-refractivity contribution in [2.75, 3.05) is 0 Å². The number of alkyl halides is 1. The summed E-state index contributed by atoms with van der Waals surface area (Å²) in [5.41, 5.74) is 0. The van der Waals surface area contributed by atoms with Crippen LogP contribution in [0.2, 0.25) is 0 Å². The SMILES string of the molecule is O=P([O-])([O-])OC1C(O)C(OP(=O)([O-])[O-])C(OP(=O)([O-])[O-])C(F)C1OP(=O)([O-])[O-]. The molecule has 1 fully saturated rings. The molecular formula is C6H7FO17P4-8. The first-order valence-corrected chi connectivity index (χ1v) is 12.2. The van der Waals surface area contributed by atoms with E-state index in [0.717, 1.165) is 0 Å². The smallest absolute Gasteiger partial charge is 0.158 e. The Hall–Kier alpha value is 0.330. The van der Waals surface area contributed by atoms with Crippen molar-refractivity contribution < 1.29 is 85.0 Å². The minimum Gasteiger partial charge on any atom is -0.790 e. The zero-order valence-electron chi connectivity index (χ0n) is 12.6. The largest absolute Gasteiger partial charge is 0.790 e. The number of halogens is 1. The predicted octanol–water partition coefficient (Wildman–Crippen LogP) is -7.45. The first-order valence-electron chi connectivity index (χ1n) is 6.34. The lowest BCUT2D eigenvalue weighted by Gasteiger charge is -2.52. The van der Waals surface area contributed by atoms with Crippen molar-refractivity contribution in [3.63, 3.8) is 0 Å². The molecule has 168 valence electrons. The molecule has 22 heteroatoms. The molecule has 1 N–H and O–H groups in total. The van der Waals surface area contributed by atoms with Crippen molar-refractivity contribution in [2.45, 2.75) is 36.7 Å². The Kier molecular flexibility index (Phi) is 8.31. The van der Waals surface area contributed by atoms with Crippen LogP contribution in [0.1, 0.15) is 0 Å². The summed E-state index contributed by atoms with van der Waals surface area (Å²) in [5, 5.41) is 9.85. The number of rotatable bonds is 8. The molecule has 4 unspecified atom stereocenters. The lowest BCUT2D eigenvalue weighted by molar-refractivity contribution is -0.376. The van der Waals surface area contributed by atoms with Crippen molar-refractivity contribution >= 4 is 31.3 Å². The Balaban J connectivity index is 3.47. The van der Waals surface area contributed by atoms with Crippen LogP contribution < -0.4 is 39.1 Å². The second-order valence-electron chi connectivity index (χ2n) is 5.00. The molecule has 0 spiro atoms. The van der Waals surface area contributed by atoms with E-state index in [4.69, 9.17) is 0 Å². The Morgan fingerprint density at radius 3 is 1.00 bits per heavy atom. The summed E-state index contributed by atoms with van der Waals surface area (Å²) in [6.45, 7) is 0. The highest BCUT2D eigenvalue weighted by Gasteiger charge is 2.55. The zero-order valence-corrected chi connectivity index (χ0v) is 16.2. The molecule has 0 aliphatic heterocycles. The number of aliphatic hydroxyl groups is 1. The van der Waals surface area contributed by atoms with Gasteiger partial charge in [-0.15, -0.1) is 0 Å². The molecule has 0 radical (unpaired) electrons. The van der Waals surface area contributed by atoms with E-state index in [-0.39, 0.29) is 0 Å².